The summed E-state index contributed by atoms with van der Waals surface area (Å²) in [7, 11) is 0. The molecule has 0 N–H and O–H groups in total. The maximum absolute atomic E-state index is 13.7. The molecule has 4 rings (SSSR count). The number of hydrogen-bond donors (Lipinski definition) is 0. The van der Waals surface area contributed by atoms with Crippen molar-refractivity contribution in [2.75, 3.05) is 19.7 Å². The molecule has 0 fully saturated rings. The second-order valence-corrected chi connectivity index (χ2v) is 11.3. The molecule has 0 spiro atoms. The number of halogens is 2. The van der Waals surface area contributed by atoms with E-state index in [1.54, 1.807) is 52.6 Å². The van der Waals surface area contributed by atoms with E-state index in [0.717, 1.165) is 12.0 Å². The average Bonchev–Trinajstić information content (AvgIpc) is 3.30. The number of carbonyl (C=O) groups is 2. The zero-order chi connectivity index (χ0) is 25.2. The number of benzene rings is 2. The Morgan fingerprint density at radius 2 is 1.80 bits per heavy atom. The van der Waals surface area contributed by atoms with Gasteiger partial charge in [0.15, 0.2) is 0 Å². The summed E-state index contributed by atoms with van der Waals surface area (Å²) in [4.78, 5) is 31.8. The normalized spacial score (nSPS) is 15.5. The molecule has 2 heterocycles. The van der Waals surface area contributed by atoms with Crippen LogP contribution in [0.25, 0.3) is 0 Å². The molecule has 1 aromatic heterocycles. The summed E-state index contributed by atoms with van der Waals surface area (Å²) < 4.78 is 6.07. The highest BCUT2D eigenvalue weighted by Gasteiger charge is 2.36. The van der Waals surface area contributed by atoms with Gasteiger partial charge in [-0.1, -0.05) is 35.3 Å². The Balaban J connectivity index is 1.57. The van der Waals surface area contributed by atoms with Crippen LogP contribution in [0.15, 0.2) is 60.0 Å². The standard InChI is InChI=1S/C27H28Cl2N2O3S/c1-27(2,3)31(26(33)20-6-4-5-7-22(20)29)16-25(32)30-14-12-24-21(13-15-35-24)23(30)17-34-19-10-8-18(28)9-11-19/h4-11,13,15,23H,12,14,16-17H2,1-3H3. The average molecular weight is 532 g/mol. The number of amides is 2. The van der Waals surface area contributed by atoms with Gasteiger partial charge in [0.2, 0.25) is 5.91 Å². The van der Waals surface area contributed by atoms with E-state index in [4.69, 9.17) is 27.9 Å². The molecule has 0 radical (unpaired) electrons. The van der Waals surface area contributed by atoms with E-state index < -0.39 is 5.54 Å². The fraction of sp³-hybridized carbons (Fsp3) is 0.333. The first-order valence-corrected chi connectivity index (χ1v) is 13.1. The van der Waals surface area contributed by atoms with Crippen molar-refractivity contribution in [1.29, 1.82) is 0 Å². The van der Waals surface area contributed by atoms with Gasteiger partial charge in [0.05, 0.1) is 16.6 Å². The number of nitrogens with zero attached hydrogens (tertiary/aromatic N) is 2. The first kappa shape index (κ1) is 25.5. The molecule has 2 amide bonds. The molecule has 1 aliphatic rings. The van der Waals surface area contributed by atoms with Gasteiger partial charge in [-0.2, -0.15) is 0 Å². The lowest BCUT2D eigenvalue weighted by atomic mass is 9.99. The van der Waals surface area contributed by atoms with Crippen molar-refractivity contribution in [3.8, 4) is 5.75 Å². The molecule has 1 atom stereocenters. The third kappa shape index (κ3) is 5.83. The van der Waals surface area contributed by atoms with Gasteiger partial charge >= 0.3 is 0 Å². The Kier molecular flexibility index (Phi) is 7.74. The zero-order valence-electron chi connectivity index (χ0n) is 20.0. The fourth-order valence-corrected chi connectivity index (χ4v) is 5.47. The van der Waals surface area contributed by atoms with E-state index in [-0.39, 0.29) is 24.4 Å². The maximum Gasteiger partial charge on any atom is 0.256 e. The Morgan fingerprint density at radius 1 is 1.09 bits per heavy atom. The molecule has 8 heteroatoms. The van der Waals surface area contributed by atoms with Crippen molar-refractivity contribution in [1.82, 2.24) is 9.80 Å². The molecule has 2 aromatic carbocycles. The molecule has 0 saturated heterocycles. The minimum absolute atomic E-state index is 0.0511. The number of carbonyl (C=O) groups excluding carboxylic acids is 2. The van der Waals surface area contributed by atoms with Crippen LogP contribution in [0.4, 0.5) is 0 Å². The van der Waals surface area contributed by atoms with Gasteiger partial charge in [0.1, 0.15) is 18.9 Å². The van der Waals surface area contributed by atoms with Gasteiger partial charge in [-0.25, -0.2) is 0 Å². The van der Waals surface area contributed by atoms with Crippen LogP contribution in [-0.2, 0) is 11.2 Å². The summed E-state index contributed by atoms with van der Waals surface area (Å²) in [6.07, 6.45) is 0.782. The van der Waals surface area contributed by atoms with E-state index in [1.165, 1.54) is 4.88 Å². The molecule has 5 nitrogen and oxygen atoms in total. The molecule has 3 aromatic rings. The third-order valence-corrected chi connectivity index (χ3v) is 7.67. The quantitative estimate of drug-likeness (QED) is 0.365. The SMILES string of the molecule is CC(C)(C)N(CC(=O)N1CCc2sccc2C1COc1ccc(Cl)cc1)C(=O)c1ccccc1Cl. The van der Waals surface area contributed by atoms with Crippen LogP contribution in [0.2, 0.25) is 10.0 Å². The third-order valence-electron chi connectivity index (χ3n) is 6.09. The first-order chi connectivity index (χ1) is 16.6. The second kappa shape index (κ2) is 10.6. The van der Waals surface area contributed by atoms with Gasteiger partial charge < -0.3 is 14.5 Å². The Morgan fingerprint density at radius 3 is 2.49 bits per heavy atom. The van der Waals surface area contributed by atoms with E-state index in [9.17, 15) is 9.59 Å². The second-order valence-electron chi connectivity index (χ2n) is 9.46. The Bertz CT molecular complexity index is 1200. The lowest BCUT2D eigenvalue weighted by Gasteiger charge is -2.40. The van der Waals surface area contributed by atoms with Crippen LogP contribution >= 0.6 is 34.5 Å². The Labute approximate surface area is 220 Å². The van der Waals surface area contributed by atoms with Gasteiger partial charge in [0.25, 0.3) is 5.91 Å². The number of hydrogen-bond acceptors (Lipinski definition) is 4. The highest BCUT2D eigenvalue weighted by atomic mass is 35.5. The lowest BCUT2D eigenvalue weighted by Crippen LogP contribution is -2.53. The number of ether oxygens (including phenoxy) is 1. The zero-order valence-corrected chi connectivity index (χ0v) is 22.3. The monoisotopic (exact) mass is 530 g/mol. The molecule has 35 heavy (non-hydrogen) atoms. The largest absolute Gasteiger partial charge is 0.491 e. The van der Waals surface area contributed by atoms with E-state index >= 15 is 0 Å². The molecule has 0 saturated carbocycles. The van der Waals surface area contributed by atoms with E-state index in [0.29, 0.717) is 34.5 Å². The fourth-order valence-electron chi connectivity index (χ4n) is 4.20. The molecule has 0 bridgehead atoms. The highest BCUT2D eigenvalue weighted by molar-refractivity contribution is 7.10. The summed E-state index contributed by atoms with van der Waals surface area (Å²) in [6.45, 7) is 6.59. The first-order valence-electron chi connectivity index (χ1n) is 11.5. The van der Waals surface area contributed by atoms with Gasteiger partial charge in [-0.05, 0) is 80.6 Å². The van der Waals surface area contributed by atoms with Crippen molar-refractivity contribution in [2.45, 2.75) is 38.8 Å². The highest BCUT2D eigenvalue weighted by Crippen LogP contribution is 2.34. The number of fused-ring (bicyclic) bond motifs is 1. The van der Waals surface area contributed by atoms with Gasteiger partial charge in [0, 0.05) is 22.0 Å². The van der Waals surface area contributed by atoms with Crippen LogP contribution in [0, 0.1) is 0 Å². The minimum Gasteiger partial charge on any atom is -0.491 e. The van der Waals surface area contributed by atoms with Gasteiger partial charge in [-0.15, -0.1) is 11.3 Å². The molecule has 1 aliphatic heterocycles. The van der Waals surface area contributed by atoms with E-state index in [2.05, 4.69) is 11.4 Å². The predicted octanol–water partition coefficient (Wildman–Crippen LogP) is 6.50. The van der Waals surface area contributed by atoms with Crippen molar-refractivity contribution in [3.05, 3.63) is 86.0 Å². The van der Waals surface area contributed by atoms with Crippen molar-refractivity contribution < 1.29 is 14.3 Å². The van der Waals surface area contributed by atoms with Crippen LogP contribution < -0.4 is 4.74 Å². The summed E-state index contributed by atoms with van der Waals surface area (Å²) >= 11 is 14.0. The van der Waals surface area contributed by atoms with Crippen molar-refractivity contribution in [2.24, 2.45) is 0 Å². The van der Waals surface area contributed by atoms with E-state index in [1.807, 2.05) is 37.8 Å². The Hall–Kier alpha value is -2.54. The van der Waals surface area contributed by atoms with Gasteiger partial charge in [-0.3, -0.25) is 9.59 Å². The van der Waals surface area contributed by atoms with Crippen molar-refractivity contribution in [3.63, 3.8) is 0 Å². The van der Waals surface area contributed by atoms with Crippen LogP contribution in [-0.4, -0.2) is 46.8 Å². The molecule has 1 unspecified atom stereocenters. The topological polar surface area (TPSA) is 49.9 Å². The minimum atomic E-state index is -0.579. The van der Waals surface area contributed by atoms with Crippen LogP contribution in [0.5, 0.6) is 5.75 Å². The van der Waals surface area contributed by atoms with Crippen LogP contribution in [0.3, 0.4) is 0 Å². The molecule has 184 valence electrons. The number of thiophene rings is 1. The predicted molar refractivity (Wildman–Crippen MR) is 142 cm³/mol. The maximum atomic E-state index is 13.7. The molecular weight excluding hydrogens is 503 g/mol. The summed E-state index contributed by atoms with van der Waals surface area (Å²) in [5.41, 5.74) is 0.909. The lowest BCUT2D eigenvalue weighted by molar-refractivity contribution is -0.136. The van der Waals surface area contributed by atoms with Crippen LogP contribution in [0.1, 0.15) is 47.6 Å². The number of rotatable bonds is 6. The molecule has 0 aliphatic carbocycles. The smallest absolute Gasteiger partial charge is 0.256 e. The van der Waals surface area contributed by atoms with Crippen molar-refractivity contribution >= 4 is 46.4 Å². The summed E-state index contributed by atoms with van der Waals surface area (Å²) in [5, 5.41) is 3.06. The summed E-state index contributed by atoms with van der Waals surface area (Å²) in [6, 6.07) is 15.9. The summed E-state index contributed by atoms with van der Waals surface area (Å²) in [5.74, 6) is 0.301. The molecular formula is C27H28Cl2N2O3S.